The Kier molecular flexibility index (Phi) is 5.20. The molecule has 3 nitrogen and oxygen atoms in total. The fourth-order valence-corrected chi connectivity index (χ4v) is 2.84. The summed E-state index contributed by atoms with van der Waals surface area (Å²) >= 11 is 0. The van der Waals surface area contributed by atoms with E-state index >= 15 is 0 Å². The molecule has 1 heterocycles. The third kappa shape index (κ3) is 3.69. The van der Waals surface area contributed by atoms with Gasteiger partial charge in [-0.1, -0.05) is 13.3 Å². The lowest BCUT2D eigenvalue weighted by Gasteiger charge is -2.31. The third-order valence-electron chi connectivity index (χ3n) is 4.29. The van der Waals surface area contributed by atoms with Gasteiger partial charge in [-0.05, 0) is 57.7 Å². The van der Waals surface area contributed by atoms with Crippen LogP contribution in [0.15, 0.2) is 18.3 Å². The zero-order valence-corrected chi connectivity index (χ0v) is 12.4. The molecule has 0 bridgehead atoms. The second kappa shape index (κ2) is 6.90. The number of hydrogen-bond acceptors (Lipinski definition) is 3. The number of pyridine rings is 1. The van der Waals surface area contributed by atoms with E-state index in [0.29, 0.717) is 12.0 Å². The van der Waals surface area contributed by atoms with Crippen molar-refractivity contribution in [3.8, 4) is 5.75 Å². The molecule has 0 saturated heterocycles. The van der Waals surface area contributed by atoms with Crippen LogP contribution in [0.2, 0.25) is 0 Å². The summed E-state index contributed by atoms with van der Waals surface area (Å²) in [6.07, 6.45) is 8.61. The Morgan fingerprint density at radius 3 is 2.79 bits per heavy atom. The zero-order valence-electron chi connectivity index (χ0n) is 12.4. The van der Waals surface area contributed by atoms with Crippen LogP contribution in [0, 0.1) is 5.92 Å². The highest BCUT2D eigenvalue weighted by molar-refractivity contribution is 5.21. The lowest BCUT2D eigenvalue weighted by atomic mass is 9.85. The molecule has 1 aromatic heterocycles. The summed E-state index contributed by atoms with van der Waals surface area (Å²) < 4.78 is 6.14. The van der Waals surface area contributed by atoms with Gasteiger partial charge in [0.15, 0.2) is 0 Å². The average molecular weight is 262 g/mol. The van der Waals surface area contributed by atoms with Crippen LogP contribution in [0.25, 0.3) is 0 Å². The number of aromatic nitrogens is 1. The normalized spacial score (nSPS) is 25.0. The van der Waals surface area contributed by atoms with Gasteiger partial charge in [0.25, 0.3) is 0 Å². The smallest absolute Gasteiger partial charge is 0.138 e. The van der Waals surface area contributed by atoms with E-state index in [9.17, 15) is 0 Å². The number of ether oxygens (including phenoxy) is 1. The van der Waals surface area contributed by atoms with Gasteiger partial charge in [0.05, 0.1) is 11.9 Å². The Morgan fingerprint density at radius 1 is 1.37 bits per heavy atom. The second-order valence-electron chi connectivity index (χ2n) is 5.54. The Labute approximate surface area is 116 Å². The Balaban J connectivity index is 1.98. The Morgan fingerprint density at radius 2 is 2.16 bits per heavy atom. The first kappa shape index (κ1) is 14.3. The van der Waals surface area contributed by atoms with E-state index in [-0.39, 0.29) is 6.04 Å². The van der Waals surface area contributed by atoms with Crippen LogP contribution >= 0.6 is 0 Å². The van der Waals surface area contributed by atoms with Crippen molar-refractivity contribution in [3.63, 3.8) is 0 Å². The topological polar surface area (TPSA) is 34.1 Å². The van der Waals surface area contributed by atoms with Crippen LogP contribution in [-0.2, 0) is 0 Å². The van der Waals surface area contributed by atoms with Crippen LogP contribution in [0.4, 0.5) is 0 Å². The first-order valence-corrected chi connectivity index (χ1v) is 7.54. The minimum Gasteiger partial charge on any atom is -0.489 e. The minimum absolute atomic E-state index is 0.284. The molecule has 3 heteroatoms. The summed E-state index contributed by atoms with van der Waals surface area (Å²) in [6, 6.07) is 4.39. The largest absolute Gasteiger partial charge is 0.489 e. The molecule has 0 radical (unpaired) electrons. The summed E-state index contributed by atoms with van der Waals surface area (Å²) in [5.41, 5.74) is 1.06. The summed E-state index contributed by atoms with van der Waals surface area (Å²) in [6.45, 7) is 4.37. The molecule has 3 atom stereocenters. The van der Waals surface area contributed by atoms with E-state index < -0.39 is 0 Å². The quantitative estimate of drug-likeness (QED) is 0.878. The van der Waals surface area contributed by atoms with Crippen LogP contribution in [0.5, 0.6) is 5.75 Å². The number of hydrogen-bond donors (Lipinski definition) is 1. The van der Waals surface area contributed by atoms with Crippen molar-refractivity contribution in [1.29, 1.82) is 0 Å². The van der Waals surface area contributed by atoms with Crippen LogP contribution in [0.3, 0.4) is 0 Å². The fourth-order valence-electron chi connectivity index (χ4n) is 2.84. The lowest BCUT2D eigenvalue weighted by Crippen LogP contribution is -2.29. The van der Waals surface area contributed by atoms with Crippen molar-refractivity contribution in [3.05, 3.63) is 24.0 Å². The predicted octanol–water partition coefficient (Wildman–Crippen LogP) is 3.71. The van der Waals surface area contributed by atoms with Crippen molar-refractivity contribution in [1.82, 2.24) is 10.3 Å². The van der Waals surface area contributed by atoms with Gasteiger partial charge in [-0.15, -0.1) is 0 Å². The highest BCUT2D eigenvalue weighted by Crippen LogP contribution is 2.30. The maximum Gasteiger partial charge on any atom is 0.138 e. The molecule has 3 unspecified atom stereocenters. The molecule has 0 aromatic carbocycles. The van der Waals surface area contributed by atoms with Crippen molar-refractivity contribution < 1.29 is 4.74 Å². The van der Waals surface area contributed by atoms with E-state index in [1.54, 1.807) is 0 Å². The average Bonchev–Trinajstić information content (AvgIpc) is 2.48. The molecular weight excluding hydrogens is 236 g/mol. The standard InChI is InChI=1S/C16H26N2O/c1-4-13-7-5-6-8-16(13)19-14-9-10-15(18-11-14)12(2)17-3/h9-13,16-17H,4-8H2,1-3H3. The summed E-state index contributed by atoms with van der Waals surface area (Å²) in [4.78, 5) is 4.48. The van der Waals surface area contributed by atoms with Gasteiger partial charge in [0.1, 0.15) is 11.9 Å². The maximum atomic E-state index is 6.14. The van der Waals surface area contributed by atoms with Crippen LogP contribution in [0.1, 0.15) is 57.7 Å². The number of nitrogens with zero attached hydrogens (tertiary/aromatic N) is 1. The molecular formula is C16H26N2O. The van der Waals surface area contributed by atoms with Crippen molar-refractivity contribution in [2.45, 2.75) is 58.1 Å². The van der Waals surface area contributed by atoms with Crippen molar-refractivity contribution in [2.75, 3.05) is 7.05 Å². The van der Waals surface area contributed by atoms with Crippen molar-refractivity contribution >= 4 is 0 Å². The maximum absolute atomic E-state index is 6.14. The minimum atomic E-state index is 0.284. The van der Waals surface area contributed by atoms with Gasteiger partial charge in [0, 0.05) is 6.04 Å². The predicted molar refractivity (Wildman–Crippen MR) is 78.4 cm³/mol. The zero-order chi connectivity index (χ0) is 13.7. The second-order valence-corrected chi connectivity index (χ2v) is 5.54. The van der Waals surface area contributed by atoms with E-state index in [1.807, 2.05) is 13.2 Å². The third-order valence-corrected chi connectivity index (χ3v) is 4.29. The van der Waals surface area contributed by atoms with E-state index in [4.69, 9.17) is 4.74 Å². The highest BCUT2D eigenvalue weighted by atomic mass is 16.5. The van der Waals surface area contributed by atoms with Gasteiger partial charge < -0.3 is 10.1 Å². The molecule has 1 aliphatic rings. The monoisotopic (exact) mass is 262 g/mol. The SMILES string of the molecule is CCC1CCCCC1Oc1ccc(C(C)NC)nc1. The van der Waals surface area contributed by atoms with E-state index in [2.05, 4.69) is 36.3 Å². The first-order valence-electron chi connectivity index (χ1n) is 7.54. The summed E-state index contributed by atoms with van der Waals surface area (Å²) in [5.74, 6) is 1.63. The van der Waals surface area contributed by atoms with Gasteiger partial charge in [-0.2, -0.15) is 0 Å². The van der Waals surface area contributed by atoms with Crippen molar-refractivity contribution in [2.24, 2.45) is 5.92 Å². The summed E-state index contributed by atoms with van der Waals surface area (Å²) in [5, 5.41) is 3.19. The van der Waals surface area contributed by atoms with Gasteiger partial charge >= 0.3 is 0 Å². The molecule has 0 amide bonds. The van der Waals surface area contributed by atoms with Gasteiger partial charge in [-0.3, -0.25) is 4.98 Å². The molecule has 106 valence electrons. The summed E-state index contributed by atoms with van der Waals surface area (Å²) in [7, 11) is 1.95. The molecule has 1 fully saturated rings. The molecule has 19 heavy (non-hydrogen) atoms. The van der Waals surface area contributed by atoms with E-state index in [1.165, 1.54) is 32.1 Å². The number of nitrogens with one attached hydrogen (secondary N) is 1. The number of rotatable bonds is 5. The lowest BCUT2D eigenvalue weighted by molar-refractivity contribution is 0.0899. The Bertz CT molecular complexity index is 377. The van der Waals surface area contributed by atoms with Gasteiger partial charge in [0.2, 0.25) is 0 Å². The molecule has 1 saturated carbocycles. The van der Waals surface area contributed by atoms with E-state index in [0.717, 1.165) is 11.4 Å². The molecule has 1 N–H and O–H groups in total. The fraction of sp³-hybridized carbons (Fsp3) is 0.688. The Hall–Kier alpha value is -1.09. The molecule has 1 aromatic rings. The molecule has 0 spiro atoms. The van der Waals surface area contributed by atoms with Crippen LogP contribution in [-0.4, -0.2) is 18.1 Å². The highest BCUT2D eigenvalue weighted by Gasteiger charge is 2.25. The molecule has 2 rings (SSSR count). The molecule has 0 aliphatic heterocycles. The van der Waals surface area contributed by atoms with Gasteiger partial charge in [-0.25, -0.2) is 0 Å². The first-order chi connectivity index (χ1) is 9.24. The van der Waals surface area contributed by atoms with Crippen LogP contribution < -0.4 is 10.1 Å². The molecule has 1 aliphatic carbocycles.